The van der Waals surface area contributed by atoms with Crippen LogP contribution in [0.5, 0.6) is 5.88 Å². The second-order valence-corrected chi connectivity index (χ2v) is 4.84. The highest BCUT2D eigenvalue weighted by atomic mass is 16.5. The lowest BCUT2D eigenvalue weighted by atomic mass is 9.91. The van der Waals surface area contributed by atoms with E-state index in [1.807, 2.05) is 24.4 Å². The normalized spacial score (nSPS) is 13.7. The number of nitrogens with zero attached hydrogens (tertiary/aromatic N) is 1. The maximum atomic E-state index is 5.38. The zero-order chi connectivity index (χ0) is 13.1. The second-order valence-electron chi connectivity index (χ2n) is 4.84. The maximum Gasteiger partial charge on any atom is 0.216 e. The van der Waals surface area contributed by atoms with E-state index in [0.717, 1.165) is 30.1 Å². The van der Waals surface area contributed by atoms with Gasteiger partial charge in [0.1, 0.15) is 0 Å². The zero-order valence-corrected chi connectivity index (χ0v) is 11.1. The third kappa shape index (κ3) is 2.41. The summed E-state index contributed by atoms with van der Waals surface area (Å²) in [6.45, 7) is 0. The summed E-state index contributed by atoms with van der Waals surface area (Å²) >= 11 is 0. The molecule has 0 fully saturated rings. The van der Waals surface area contributed by atoms with Crippen molar-refractivity contribution in [2.75, 3.05) is 12.4 Å². The van der Waals surface area contributed by atoms with Gasteiger partial charge >= 0.3 is 0 Å². The summed E-state index contributed by atoms with van der Waals surface area (Å²) < 4.78 is 5.38. The van der Waals surface area contributed by atoms with E-state index in [0.29, 0.717) is 0 Å². The highest BCUT2D eigenvalue weighted by Crippen LogP contribution is 2.34. The highest BCUT2D eigenvalue weighted by molar-refractivity contribution is 5.65. The fraction of sp³-hybridized carbons (Fsp3) is 0.312. The molecule has 1 aliphatic rings. The number of aromatic nitrogens is 1. The van der Waals surface area contributed by atoms with Gasteiger partial charge in [0.05, 0.1) is 19.0 Å². The van der Waals surface area contributed by atoms with Crippen molar-refractivity contribution in [1.29, 1.82) is 0 Å². The van der Waals surface area contributed by atoms with Crippen molar-refractivity contribution >= 4 is 11.4 Å². The molecule has 3 nitrogen and oxygen atoms in total. The molecule has 0 saturated carbocycles. The summed E-state index contributed by atoms with van der Waals surface area (Å²) in [6, 6.07) is 10.2. The van der Waals surface area contributed by atoms with E-state index in [1.165, 1.54) is 24.0 Å². The lowest BCUT2D eigenvalue weighted by Gasteiger charge is -2.21. The average molecular weight is 254 g/mol. The molecule has 1 aromatic carbocycles. The largest absolute Gasteiger partial charge is 0.481 e. The smallest absolute Gasteiger partial charge is 0.216 e. The molecule has 0 atom stereocenters. The predicted molar refractivity (Wildman–Crippen MR) is 77.2 cm³/mol. The van der Waals surface area contributed by atoms with Crippen LogP contribution in [0.2, 0.25) is 0 Å². The molecule has 0 unspecified atom stereocenters. The summed E-state index contributed by atoms with van der Waals surface area (Å²) in [5, 5.41) is 3.47. The first-order chi connectivity index (χ1) is 9.38. The van der Waals surface area contributed by atoms with Crippen LogP contribution >= 0.6 is 0 Å². The fourth-order valence-electron chi connectivity index (χ4n) is 2.68. The van der Waals surface area contributed by atoms with Gasteiger partial charge in [-0.25, -0.2) is 4.98 Å². The second kappa shape index (κ2) is 5.31. The van der Waals surface area contributed by atoms with Crippen molar-refractivity contribution in [3.63, 3.8) is 0 Å². The number of benzene rings is 1. The molecular formula is C16H18N2O. The third-order valence-corrected chi connectivity index (χ3v) is 3.61. The fourth-order valence-corrected chi connectivity index (χ4v) is 2.68. The molecule has 0 bridgehead atoms. The van der Waals surface area contributed by atoms with Crippen molar-refractivity contribution in [1.82, 2.24) is 4.98 Å². The Labute approximate surface area is 113 Å². The Morgan fingerprint density at radius 1 is 1.05 bits per heavy atom. The Bertz CT molecular complexity index is 566. The Morgan fingerprint density at radius 3 is 2.53 bits per heavy atom. The van der Waals surface area contributed by atoms with Crippen molar-refractivity contribution in [2.24, 2.45) is 0 Å². The molecule has 0 radical (unpaired) electrons. The quantitative estimate of drug-likeness (QED) is 0.906. The topological polar surface area (TPSA) is 34.1 Å². The number of nitrogens with one attached hydrogen (secondary N) is 1. The molecule has 0 aliphatic heterocycles. The number of hydrogen-bond donors (Lipinski definition) is 1. The number of hydrogen-bond acceptors (Lipinski definition) is 3. The number of rotatable bonds is 3. The first kappa shape index (κ1) is 12.0. The molecule has 1 aromatic heterocycles. The van der Waals surface area contributed by atoms with Gasteiger partial charge in [0.25, 0.3) is 0 Å². The SMILES string of the molecule is COc1ncc(Nc2ccccc2)c2c1CCCC2. The van der Waals surface area contributed by atoms with Crippen LogP contribution in [0.4, 0.5) is 11.4 Å². The first-order valence-electron chi connectivity index (χ1n) is 6.75. The summed E-state index contributed by atoms with van der Waals surface area (Å²) in [6.07, 6.45) is 6.51. The van der Waals surface area contributed by atoms with E-state index < -0.39 is 0 Å². The monoisotopic (exact) mass is 254 g/mol. The van der Waals surface area contributed by atoms with E-state index in [-0.39, 0.29) is 0 Å². The predicted octanol–water partition coefficient (Wildman–Crippen LogP) is 3.71. The van der Waals surface area contributed by atoms with Crippen LogP contribution in [0.1, 0.15) is 24.0 Å². The van der Waals surface area contributed by atoms with Gasteiger partial charge in [0, 0.05) is 11.3 Å². The molecule has 0 amide bonds. The van der Waals surface area contributed by atoms with Crippen LogP contribution in [0.3, 0.4) is 0 Å². The van der Waals surface area contributed by atoms with Gasteiger partial charge < -0.3 is 10.1 Å². The van der Waals surface area contributed by atoms with Gasteiger partial charge in [-0.05, 0) is 43.4 Å². The number of pyridine rings is 1. The van der Waals surface area contributed by atoms with Crippen LogP contribution in [0.15, 0.2) is 36.5 Å². The van der Waals surface area contributed by atoms with E-state index in [9.17, 15) is 0 Å². The number of para-hydroxylation sites is 1. The van der Waals surface area contributed by atoms with Gasteiger partial charge in [-0.1, -0.05) is 18.2 Å². The average Bonchev–Trinajstić information content (AvgIpc) is 2.49. The highest BCUT2D eigenvalue weighted by Gasteiger charge is 2.18. The summed E-state index contributed by atoms with van der Waals surface area (Å²) in [7, 11) is 1.70. The van der Waals surface area contributed by atoms with Crippen LogP contribution in [0, 0.1) is 0 Å². The minimum absolute atomic E-state index is 0.785. The molecule has 1 heterocycles. The molecule has 3 rings (SSSR count). The third-order valence-electron chi connectivity index (χ3n) is 3.61. The van der Waals surface area contributed by atoms with Gasteiger partial charge in [0.2, 0.25) is 5.88 Å². The van der Waals surface area contributed by atoms with Crippen LogP contribution in [0.25, 0.3) is 0 Å². The Balaban J connectivity index is 1.98. The van der Waals surface area contributed by atoms with Gasteiger partial charge in [0.15, 0.2) is 0 Å². The molecule has 3 heteroatoms. The summed E-state index contributed by atoms with van der Waals surface area (Å²) in [4.78, 5) is 4.42. The number of ether oxygens (including phenoxy) is 1. The summed E-state index contributed by atoms with van der Waals surface area (Å²) in [5.41, 5.74) is 4.85. The maximum absolute atomic E-state index is 5.38. The van der Waals surface area contributed by atoms with E-state index in [4.69, 9.17) is 4.74 Å². The van der Waals surface area contributed by atoms with Crippen molar-refractivity contribution < 1.29 is 4.74 Å². The van der Waals surface area contributed by atoms with E-state index in [2.05, 4.69) is 22.4 Å². The lowest BCUT2D eigenvalue weighted by Crippen LogP contribution is -2.09. The van der Waals surface area contributed by atoms with Crippen molar-refractivity contribution in [3.05, 3.63) is 47.7 Å². The van der Waals surface area contributed by atoms with Crippen molar-refractivity contribution in [3.8, 4) is 5.88 Å². The van der Waals surface area contributed by atoms with E-state index >= 15 is 0 Å². The summed E-state index contributed by atoms with van der Waals surface area (Å²) in [5.74, 6) is 0.785. The lowest BCUT2D eigenvalue weighted by molar-refractivity contribution is 0.389. The van der Waals surface area contributed by atoms with Crippen LogP contribution < -0.4 is 10.1 Å². The standard InChI is InChI=1S/C16H18N2O/c1-19-16-14-10-6-5-9-13(14)15(11-17-16)18-12-7-3-2-4-8-12/h2-4,7-8,11,18H,5-6,9-10H2,1H3. The Morgan fingerprint density at radius 2 is 1.79 bits per heavy atom. The molecule has 0 saturated heterocycles. The van der Waals surface area contributed by atoms with Gasteiger partial charge in [-0.2, -0.15) is 0 Å². The molecule has 0 spiro atoms. The molecule has 2 aromatic rings. The Hall–Kier alpha value is -2.03. The van der Waals surface area contributed by atoms with Crippen LogP contribution in [-0.2, 0) is 12.8 Å². The Kier molecular flexibility index (Phi) is 3.36. The number of anilines is 2. The number of fused-ring (bicyclic) bond motifs is 1. The molecule has 98 valence electrons. The molecule has 1 aliphatic carbocycles. The van der Waals surface area contributed by atoms with Crippen LogP contribution in [-0.4, -0.2) is 12.1 Å². The molecule has 19 heavy (non-hydrogen) atoms. The first-order valence-corrected chi connectivity index (χ1v) is 6.75. The minimum atomic E-state index is 0.785. The van der Waals surface area contributed by atoms with Gasteiger partial charge in [-0.15, -0.1) is 0 Å². The van der Waals surface area contributed by atoms with E-state index in [1.54, 1.807) is 7.11 Å². The molecule has 1 N–H and O–H groups in total. The molecular weight excluding hydrogens is 236 g/mol. The van der Waals surface area contributed by atoms with Gasteiger partial charge in [-0.3, -0.25) is 0 Å². The number of methoxy groups -OCH3 is 1. The minimum Gasteiger partial charge on any atom is -0.481 e. The van der Waals surface area contributed by atoms with Crippen molar-refractivity contribution in [2.45, 2.75) is 25.7 Å². The zero-order valence-electron chi connectivity index (χ0n) is 11.1.